The number of hydrogen-bond donors (Lipinski definition) is 1. The van der Waals surface area contributed by atoms with Crippen LogP contribution in [0.2, 0.25) is 0 Å². The van der Waals surface area contributed by atoms with Crippen molar-refractivity contribution in [3.8, 4) is 0 Å². The van der Waals surface area contributed by atoms with Crippen LogP contribution in [0.3, 0.4) is 0 Å². The standard InChI is InChI=1S/C18H25N3O2S/c1-14-13-24-10-9-21(14)18(23)17(22)19-11-16-7-8-20(16)12-15-5-3-2-4-6-15/h2-6,14,16H,7-13H2,1H3,(H,19,22). The number of rotatable bonds is 4. The molecule has 2 amide bonds. The van der Waals surface area contributed by atoms with Crippen LogP contribution in [-0.4, -0.2) is 64.8 Å². The molecule has 2 saturated heterocycles. The average Bonchev–Trinajstić information content (AvgIpc) is 2.59. The van der Waals surface area contributed by atoms with E-state index in [1.165, 1.54) is 5.56 Å². The molecule has 5 nitrogen and oxygen atoms in total. The van der Waals surface area contributed by atoms with E-state index in [0.717, 1.165) is 31.0 Å². The van der Waals surface area contributed by atoms with Crippen molar-refractivity contribution < 1.29 is 9.59 Å². The predicted octanol–water partition coefficient (Wildman–Crippen LogP) is 1.34. The van der Waals surface area contributed by atoms with Gasteiger partial charge in [0, 0.05) is 49.8 Å². The van der Waals surface area contributed by atoms with Gasteiger partial charge in [-0.05, 0) is 18.9 Å². The van der Waals surface area contributed by atoms with Gasteiger partial charge in [0.25, 0.3) is 0 Å². The molecular formula is C18H25N3O2S. The number of thioether (sulfide) groups is 1. The molecule has 2 aliphatic rings. The summed E-state index contributed by atoms with van der Waals surface area (Å²) < 4.78 is 0. The number of nitrogens with one attached hydrogen (secondary N) is 1. The highest BCUT2D eigenvalue weighted by atomic mass is 32.2. The number of carbonyl (C=O) groups excluding carboxylic acids is 2. The fraction of sp³-hybridized carbons (Fsp3) is 0.556. The van der Waals surface area contributed by atoms with Crippen LogP contribution in [0.4, 0.5) is 0 Å². The summed E-state index contributed by atoms with van der Waals surface area (Å²) in [5, 5.41) is 2.84. The van der Waals surface area contributed by atoms with Crippen molar-refractivity contribution in [2.24, 2.45) is 0 Å². The number of benzene rings is 1. The van der Waals surface area contributed by atoms with E-state index in [4.69, 9.17) is 0 Å². The second kappa shape index (κ2) is 8.03. The van der Waals surface area contributed by atoms with Crippen molar-refractivity contribution in [1.29, 1.82) is 0 Å². The first-order valence-electron chi connectivity index (χ1n) is 8.59. The molecule has 1 N–H and O–H groups in total. The molecule has 0 aliphatic carbocycles. The molecule has 130 valence electrons. The van der Waals surface area contributed by atoms with E-state index < -0.39 is 5.91 Å². The maximum Gasteiger partial charge on any atom is 0.312 e. The van der Waals surface area contributed by atoms with Crippen LogP contribution in [0.1, 0.15) is 18.9 Å². The smallest absolute Gasteiger partial charge is 0.312 e. The summed E-state index contributed by atoms with van der Waals surface area (Å²) in [5.74, 6) is 0.987. The number of likely N-dealkylation sites (tertiary alicyclic amines) is 1. The molecule has 2 heterocycles. The highest BCUT2D eigenvalue weighted by molar-refractivity contribution is 7.99. The summed E-state index contributed by atoms with van der Waals surface area (Å²) in [4.78, 5) is 28.5. The minimum absolute atomic E-state index is 0.139. The Labute approximate surface area is 147 Å². The van der Waals surface area contributed by atoms with Crippen molar-refractivity contribution in [3.05, 3.63) is 35.9 Å². The second-order valence-electron chi connectivity index (χ2n) is 6.53. The lowest BCUT2D eigenvalue weighted by molar-refractivity contribution is -0.147. The third-order valence-electron chi connectivity index (χ3n) is 4.82. The molecule has 0 aromatic heterocycles. The highest BCUT2D eigenvalue weighted by Gasteiger charge is 2.31. The van der Waals surface area contributed by atoms with E-state index in [-0.39, 0.29) is 11.9 Å². The maximum absolute atomic E-state index is 12.3. The SMILES string of the molecule is CC1CSCCN1C(=O)C(=O)NCC1CCN1Cc1ccccc1. The van der Waals surface area contributed by atoms with Crippen LogP contribution in [-0.2, 0) is 16.1 Å². The lowest BCUT2D eigenvalue weighted by Crippen LogP contribution is -2.55. The summed E-state index contributed by atoms with van der Waals surface area (Å²) in [7, 11) is 0. The molecule has 2 unspecified atom stereocenters. The van der Waals surface area contributed by atoms with Gasteiger partial charge >= 0.3 is 11.8 Å². The minimum atomic E-state index is -0.458. The van der Waals surface area contributed by atoms with E-state index in [9.17, 15) is 9.59 Å². The Morgan fingerprint density at radius 2 is 2.04 bits per heavy atom. The first-order valence-corrected chi connectivity index (χ1v) is 9.75. The molecule has 0 spiro atoms. The van der Waals surface area contributed by atoms with Gasteiger partial charge in [-0.25, -0.2) is 0 Å². The number of hydrogen-bond acceptors (Lipinski definition) is 4. The first-order chi connectivity index (χ1) is 11.6. The Bertz CT molecular complexity index is 581. The van der Waals surface area contributed by atoms with Crippen molar-refractivity contribution in [2.45, 2.75) is 32.0 Å². The van der Waals surface area contributed by atoms with Crippen molar-refractivity contribution in [3.63, 3.8) is 0 Å². The van der Waals surface area contributed by atoms with Crippen molar-refractivity contribution in [2.75, 3.05) is 31.1 Å². The van der Waals surface area contributed by atoms with Gasteiger partial charge in [-0.3, -0.25) is 14.5 Å². The van der Waals surface area contributed by atoms with Crippen LogP contribution in [0.15, 0.2) is 30.3 Å². The topological polar surface area (TPSA) is 52.7 Å². The van der Waals surface area contributed by atoms with Gasteiger partial charge in [-0.1, -0.05) is 30.3 Å². The van der Waals surface area contributed by atoms with E-state index >= 15 is 0 Å². The molecular weight excluding hydrogens is 322 g/mol. The third-order valence-corrected chi connectivity index (χ3v) is 6.00. The zero-order valence-corrected chi connectivity index (χ0v) is 14.9. The van der Waals surface area contributed by atoms with E-state index in [1.807, 2.05) is 36.9 Å². The van der Waals surface area contributed by atoms with Crippen LogP contribution in [0, 0.1) is 0 Å². The van der Waals surface area contributed by atoms with Gasteiger partial charge in [0.15, 0.2) is 0 Å². The summed E-state index contributed by atoms with van der Waals surface area (Å²) in [6.45, 7) is 5.17. The van der Waals surface area contributed by atoms with Crippen LogP contribution in [0.5, 0.6) is 0 Å². The molecule has 24 heavy (non-hydrogen) atoms. The summed E-state index contributed by atoms with van der Waals surface area (Å²) in [6, 6.07) is 10.8. The molecule has 1 aromatic carbocycles. The van der Waals surface area contributed by atoms with Crippen LogP contribution >= 0.6 is 11.8 Å². The van der Waals surface area contributed by atoms with Gasteiger partial charge < -0.3 is 10.2 Å². The highest BCUT2D eigenvalue weighted by Crippen LogP contribution is 2.20. The summed E-state index contributed by atoms with van der Waals surface area (Å²) >= 11 is 1.84. The van der Waals surface area contributed by atoms with E-state index in [0.29, 0.717) is 19.1 Å². The lowest BCUT2D eigenvalue weighted by atomic mass is 10.0. The number of nitrogens with zero attached hydrogens (tertiary/aromatic N) is 2. The van der Waals surface area contributed by atoms with Crippen LogP contribution < -0.4 is 5.32 Å². The number of amides is 2. The van der Waals surface area contributed by atoms with Gasteiger partial charge in [-0.15, -0.1) is 0 Å². The van der Waals surface area contributed by atoms with Gasteiger partial charge in [0.2, 0.25) is 0 Å². The largest absolute Gasteiger partial charge is 0.346 e. The number of carbonyl (C=O) groups is 2. The summed E-state index contributed by atoms with van der Waals surface area (Å²) in [5.41, 5.74) is 1.28. The molecule has 3 rings (SSSR count). The molecule has 2 fully saturated rings. The molecule has 1 aromatic rings. The minimum Gasteiger partial charge on any atom is -0.346 e. The van der Waals surface area contributed by atoms with Gasteiger partial charge in [0.05, 0.1) is 0 Å². The predicted molar refractivity (Wildman–Crippen MR) is 96.8 cm³/mol. The Morgan fingerprint density at radius 1 is 1.25 bits per heavy atom. The van der Waals surface area contributed by atoms with Crippen molar-refractivity contribution >= 4 is 23.6 Å². The molecule has 6 heteroatoms. The second-order valence-corrected chi connectivity index (χ2v) is 7.68. The Morgan fingerprint density at radius 3 is 2.71 bits per heavy atom. The fourth-order valence-electron chi connectivity index (χ4n) is 3.20. The first kappa shape index (κ1) is 17.3. The monoisotopic (exact) mass is 347 g/mol. The van der Waals surface area contributed by atoms with E-state index in [1.54, 1.807) is 4.90 Å². The molecule has 0 radical (unpaired) electrons. The molecule has 2 atom stereocenters. The quantitative estimate of drug-likeness (QED) is 0.835. The lowest BCUT2D eigenvalue weighted by Gasteiger charge is -2.41. The Kier molecular flexibility index (Phi) is 5.79. The fourth-order valence-corrected chi connectivity index (χ4v) is 4.21. The van der Waals surface area contributed by atoms with Gasteiger partial charge in [-0.2, -0.15) is 11.8 Å². The Balaban J connectivity index is 1.45. The van der Waals surface area contributed by atoms with Crippen LogP contribution in [0.25, 0.3) is 0 Å². The zero-order valence-electron chi connectivity index (χ0n) is 14.1. The Hall–Kier alpha value is -1.53. The zero-order chi connectivity index (χ0) is 16.9. The molecule has 0 saturated carbocycles. The maximum atomic E-state index is 12.3. The van der Waals surface area contributed by atoms with E-state index in [2.05, 4.69) is 22.3 Å². The normalized spacial score (nSPS) is 24.3. The van der Waals surface area contributed by atoms with Crippen molar-refractivity contribution in [1.82, 2.24) is 15.1 Å². The summed E-state index contributed by atoms with van der Waals surface area (Å²) in [6.07, 6.45) is 1.07. The molecule has 0 bridgehead atoms. The average molecular weight is 347 g/mol. The van der Waals surface area contributed by atoms with Gasteiger partial charge in [0.1, 0.15) is 0 Å². The molecule has 2 aliphatic heterocycles. The third kappa shape index (κ3) is 4.11.